The van der Waals surface area contributed by atoms with Gasteiger partial charge in [0.25, 0.3) is 0 Å². The molecule has 2 rings (SSSR count). The first kappa shape index (κ1) is 14.8. The van der Waals surface area contributed by atoms with Crippen LogP contribution in [0.3, 0.4) is 0 Å². The first-order valence-corrected chi connectivity index (χ1v) is 7.05. The number of carboxylic acid groups (broad SMARTS) is 1. The van der Waals surface area contributed by atoms with E-state index in [-0.39, 0.29) is 11.9 Å². The molecule has 2 aliphatic heterocycles. The number of hydrogen-bond donors (Lipinski definition) is 1. The Kier molecular flexibility index (Phi) is 5.00. The number of methoxy groups -OCH3 is 1. The van der Waals surface area contributed by atoms with Gasteiger partial charge in [-0.25, -0.2) is 4.79 Å². The lowest BCUT2D eigenvalue weighted by molar-refractivity contribution is -0.143. The number of carbonyl (C=O) groups is 2. The van der Waals surface area contributed by atoms with Gasteiger partial charge in [0.1, 0.15) is 0 Å². The van der Waals surface area contributed by atoms with E-state index in [9.17, 15) is 9.59 Å². The van der Waals surface area contributed by atoms with Gasteiger partial charge in [0.15, 0.2) is 0 Å². The number of hydrogen-bond acceptors (Lipinski definition) is 3. The van der Waals surface area contributed by atoms with Gasteiger partial charge in [-0.1, -0.05) is 6.08 Å². The smallest absolute Gasteiger partial charge is 0.320 e. The second kappa shape index (κ2) is 6.74. The molecule has 0 spiro atoms. The molecular formula is C14H22N2O4. The maximum Gasteiger partial charge on any atom is 0.320 e. The topological polar surface area (TPSA) is 70.1 Å². The number of carbonyl (C=O) groups excluding carboxylic acids is 1. The van der Waals surface area contributed by atoms with Crippen LogP contribution in [-0.4, -0.2) is 66.8 Å². The Labute approximate surface area is 119 Å². The number of nitrogens with zero attached hydrogens (tertiary/aromatic N) is 2. The van der Waals surface area contributed by atoms with Gasteiger partial charge < -0.3 is 19.6 Å². The van der Waals surface area contributed by atoms with Crippen LogP contribution in [0.15, 0.2) is 11.6 Å². The van der Waals surface area contributed by atoms with E-state index in [1.807, 2.05) is 4.90 Å². The van der Waals surface area contributed by atoms with Crippen molar-refractivity contribution in [2.24, 2.45) is 5.92 Å². The quantitative estimate of drug-likeness (QED) is 0.789. The van der Waals surface area contributed by atoms with Crippen molar-refractivity contribution in [2.75, 3.05) is 39.9 Å². The minimum atomic E-state index is -0.748. The molecule has 1 N–H and O–H groups in total. The van der Waals surface area contributed by atoms with Crippen molar-refractivity contribution in [2.45, 2.75) is 19.3 Å². The van der Waals surface area contributed by atoms with E-state index in [0.29, 0.717) is 45.6 Å². The first-order chi connectivity index (χ1) is 9.61. The van der Waals surface area contributed by atoms with Gasteiger partial charge in [-0.3, -0.25) is 4.79 Å². The summed E-state index contributed by atoms with van der Waals surface area (Å²) in [5, 5.41) is 8.96. The highest BCUT2D eigenvalue weighted by Crippen LogP contribution is 2.20. The van der Waals surface area contributed by atoms with Crippen LogP contribution in [0.2, 0.25) is 0 Å². The van der Waals surface area contributed by atoms with Crippen LogP contribution in [0, 0.1) is 5.92 Å². The summed E-state index contributed by atoms with van der Waals surface area (Å²) in [6.07, 6.45) is 4.01. The minimum Gasteiger partial charge on any atom is -0.481 e. The number of piperidine rings is 1. The van der Waals surface area contributed by atoms with E-state index < -0.39 is 5.97 Å². The lowest BCUT2D eigenvalue weighted by Gasteiger charge is -2.35. The molecule has 2 aliphatic rings. The average Bonchev–Trinajstić information content (AvgIpc) is 2.48. The zero-order valence-electron chi connectivity index (χ0n) is 11.9. The third-order valence-corrected chi connectivity index (χ3v) is 4.02. The molecular weight excluding hydrogens is 260 g/mol. The molecule has 0 aromatic heterocycles. The summed E-state index contributed by atoms with van der Waals surface area (Å²) in [5.74, 6) is -1.05. The van der Waals surface area contributed by atoms with Crippen LogP contribution < -0.4 is 0 Å². The number of rotatable bonds is 3. The zero-order chi connectivity index (χ0) is 14.5. The second-order valence-electron chi connectivity index (χ2n) is 5.37. The van der Waals surface area contributed by atoms with E-state index in [1.54, 1.807) is 12.0 Å². The molecule has 112 valence electrons. The summed E-state index contributed by atoms with van der Waals surface area (Å²) >= 11 is 0. The Bertz CT molecular complexity index is 400. The van der Waals surface area contributed by atoms with E-state index in [4.69, 9.17) is 9.84 Å². The molecule has 0 aromatic carbocycles. The molecule has 0 bridgehead atoms. The number of carboxylic acids is 1. The van der Waals surface area contributed by atoms with Crippen molar-refractivity contribution in [1.82, 2.24) is 9.80 Å². The van der Waals surface area contributed by atoms with Crippen molar-refractivity contribution in [3.05, 3.63) is 11.6 Å². The maximum absolute atomic E-state index is 12.3. The van der Waals surface area contributed by atoms with Crippen molar-refractivity contribution >= 4 is 12.0 Å². The van der Waals surface area contributed by atoms with E-state index >= 15 is 0 Å². The van der Waals surface area contributed by atoms with Gasteiger partial charge in [0, 0.05) is 33.3 Å². The van der Waals surface area contributed by atoms with Gasteiger partial charge in [-0.05, 0) is 24.8 Å². The Balaban J connectivity index is 1.83. The standard InChI is InChI=1S/C14H22N2O4/c1-20-10-11-2-6-15(7-3-11)14(19)16-8-4-12(5-9-16)13(17)18/h2,12H,3-10H2,1H3,(H,17,18). The highest BCUT2D eigenvalue weighted by atomic mass is 16.5. The van der Waals surface area contributed by atoms with Crippen LogP contribution in [0.4, 0.5) is 4.79 Å². The monoisotopic (exact) mass is 282 g/mol. The van der Waals surface area contributed by atoms with E-state index in [0.717, 1.165) is 6.42 Å². The third kappa shape index (κ3) is 3.50. The number of ether oxygens (including phenoxy) is 1. The first-order valence-electron chi connectivity index (χ1n) is 7.05. The Hall–Kier alpha value is -1.56. The Morgan fingerprint density at radius 3 is 2.50 bits per heavy atom. The predicted molar refractivity (Wildman–Crippen MR) is 73.5 cm³/mol. The molecule has 0 saturated carbocycles. The van der Waals surface area contributed by atoms with Gasteiger partial charge >= 0.3 is 12.0 Å². The minimum absolute atomic E-state index is 0.0292. The van der Waals surface area contributed by atoms with Crippen LogP contribution >= 0.6 is 0 Å². The molecule has 1 fully saturated rings. The summed E-state index contributed by atoms with van der Waals surface area (Å²) in [5.41, 5.74) is 1.24. The molecule has 0 aromatic rings. The fourth-order valence-corrected chi connectivity index (χ4v) is 2.72. The highest BCUT2D eigenvalue weighted by Gasteiger charge is 2.29. The van der Waals surface area contributed by atoms with Crippen LogP contribution in [0.1, 0.15) is 19.3 Å². The fraction of sp³-hybridized carbons (Fsp3) is 0.714. The summed E-state index contributed by atoms with van der Waals surface area (Å²) < 4.78 is 5.09. The average molecular weight is 282 g/mol. The third-order valence-electron chi connectivity index (χ3n) is 4.02. The molecule has 0 radical (unpaired) electrons. The number of urea groups is 1. The lowest BCUT2D eigenvalue weighted by Crippen LogP contribution is -2.48. The molecule has 0 atom stereocenters. The normalized spacial score (nSPS) is 20.8. The molecule has 2 heterocycles. The summed E-state index contributed by atoms with van der Waals surface area (Å²) in [6.45, 7) is 3.05. The van der Waals surface area contributed by atoms with Gasteiger partial charge in [-0.15, -0.1) is 0 Å². The molecule has 20 heavy (non-hydrogen) atoms. The van der Waals surface area contributed by atoms with Crippen molar-refractivity contribution in [3.8, 4) is 0 Å². The van der Waals surface area contributed by atoms with E-state index in [2.05, 4.69) is 6.08 Å². The second-order valence-corrected chi connectivity index (χ2v) is 5.37. The summed E-state index contributed by atoms with van der Waals surface area (Å²) in [4.78, 5) is 26.8. The SMILES string of the molecule is COCC1=CCN(C(=O)N2CCC(C(=O)O)CC2)CC1. The van der Waals surface area contributed by atoms with Crippen molar-refractivity contribution < 1.29 is 19.4 Å². The van der Waals surface area contributed by atoms with Gasteiger partial charge in [0.05, 0.1) is 12.5 Å². The predicted octanol–water partition coefficient (Wildman–Crippen LogP) is 1.18. The Morgan fingerprint density at radius 1 is 1.30 bits per heavy atom. The number of likely N-dealkylation sites (tertiary alicyclic amines) is 1. The Morgan fingerprint density at radius 2 is 2.00 bits per heavy atom. The van der Waals surface area contributed by atoms with Crippen molar-refractivity contribution in [3.63, 3.8) is 0 Å². The molecule has 0 aliphatic carbocycles. The molecule has 6 heteroatoms. The molecule has 0 unspecified atom stereocenters. The fourth-order valence-electron chi connectivity index (χ4n) is 2.72. The van der Waals surface area contributed by atoms with E-state index in [1.165, 1.54) is 5.57 Å². The number of amides is 2. The zero-order valence-corrected chi connectivity index (χ0v) is 11.9. The summed E-state index contributed by atoms with van der Waals surface area (Å²) in [6, 6.07) is 0.0292. The maximum atomic E-state index is 12.3. The van der Waals surface area contributed by atoms with Gasteiger partial charge in [-0.2, -0.15) is 0 Å². The molecule has 1 saturated heterocycles. The number of aliphatic carboxylic acids is 1. The molecule has 6 nitrogen and oxygen atoms in total. The van der Waals surface area contributed by atoms with Crippen molar-refractivity contribution in [1.29, 1.82) is 0 Å². The largest absolute Gasteiger partial charge is 0.481 e. The lowest BCUT2D eigenvalue weighted by atomic mass is 9.97. The molecule has 2 amide bonds. The summed E-state index contributed by atoms with van der Waals surface area (Å²) in [7, 11) is 1.67. The highest BCUT2D eigenvalue weighted by molar-refractivity contribution is 5.76. The van der Waals surface area contributed by atoms with Crippen LogP contribution in [0.25, 0.3) is 0 Å². The van der Waals surface area contributed by atoms with Crippen LogP contribution in [-0.2, 0) is 9.53 Å². The van der Waals surface area contributed by atoms with Gasteiger partial charge in [0.2, 0.25) is 0 Å². The van der Waals surface area contributed by atoms with Crippen LogP contribution in [0.5, 0.6) is 0 Å².